The highest BCUT2D eigenvalue weighted by molar-refractivity contribution is 5.80. The molecule has 0 bridgehead atoms. The van der Waals surface area contributed by atoms with Crippen LogP contribution in [0.4, 0.5) is 0 Å². The van der Waals surface area contributed by atoms with Crippen molar-refractivity contribution >= 4 is 0 Å². The highest BCUT2D eigenvalue weighted by atomic mass is 16.7. The predicted molar refractivity (Wildman–Crippen MR) is 120 cm³/mol. The lowest BCUT2D eigenvalue weighted by Crippen LogP contribution is -2.30. The van der Waals surface area contributed by atoms with Gasteiger partial charge in [-0.25, -0.2) is 0 Å². The Balaban J connectivity index is 1.69. The van der Waals surface area contributed by atoms with Gasteiger partial charge in [0.25, 0.3) is 0 Å². The van der Waals surface area contributed by atoms with E-state index in [1.807, 2.05) is 48.5 Å². The first-order valence-electron chi connectivity index (χ1n) is 10.2. The van der Waals surface area contributed by atoms with Crippen LogP contribution in [0.1, 0.15) is 31.3 Å². The van der Waals surface area contributed by atoms with Crippen LogP contribution in [0.5, 0.6) is 0 Å². The van der Waals surface area contributed by atoms with E-state index in [0.29, 0.717) is 5.82 Å². The molecule has 158 valence electrons. The van der Waals surface area contributed by atoms with Gasteiger partial charge in [-0.3, -0.25) is 0 Å². The zero-order valence-electron chi connectivity index (χ0n) is 18.2. The fourth-order valence-electron chi connectivity index (χ4n) is 3.64. The van der Waals surface area contributed by atoms with E-state index in [4.69, 9.17) is 14.6 Å². The summed E-state index contributed by atoms with van der Waals surface area (Å²) in [4.78, 5) is 1.68. The van der Waals surface area contributed by atoms with Gasteiger partial charge in [-0.05, 0) is 35.8 Å². The Hall–Kier alpha value is -3.35. The molecule has 0 saturated carbocycles. The summed E-state index contributed by atoms with van der Waals surface area (Å²) in [7, 11) is 3.26. The van der Waals surface area contributed by atoms with Gasteiger partial charge in [-0.1, -0.05) is 78.9 Å². The molecule has 0 N–H and O–H groups in total. The van der Waals surface area contributed by atoms with Crippen molar-refractivity contribution in [3.8, 4) is 22.5 Å². The molecule has 1 aromatic heterocycles. The minimum atomic E-state index is -0.418. The predicted octanol–water partition coefficient (Wildman–Crippen LogP) is 5.08. The van der Waals surface area contributed by atoms with Crippen LogP contribution in [0, 0.1) is 0 Å². The SMILES string of the molecule is COC(OC)c1ccc(-c2ccccc2-c2nnn(C(C)(C)c3ccccc3)n2)cc1. The van der Waals surface area contributed by atoms with Crippen molar-refractivity contribution in [2.45, 2.75) is 25.7 Å². The summed E-state index contributed by atoms with van der Waals surface area (Å²) < 4.78 is 10.7. The first-order valence-corrected chi connectivity index (χ1v) is 10.2. The summed E-state index contributed by atoms with van der Waals surface area (Å²) in [6.07, 6.45) is -0.383. The van der Waals surface area contributed by atoms with E-state index in [1.54, 1.807) is 19.0 Å². The number of methoxy groups -OCH3 is 2. The fraction of sp³-hybridized carbons (Fsp3) is 0.240. The summed E-state index contributed by atoms with van der Waals surface area (Å²) in [5.41, 5.74) is 4.69. The van der Waals surface area contributed by atoms with Crippen molar-refractivity contribution in [1.29, 1.82) is 0 Å². The second-order valence-electron chi connectivity index (χ2n) is 7.80. The lowest BCUT2D eigenvalue weighted by molar-refractivity contribution is -0.106. The molecule has 6 heteroatoms. The third-order valence-electron chi connectivity index (χ3n) is 5.48. The number of hydrogen-bond donors (Lipinski definition) is 0. The second-order valence-corrected chi connectivity index (χ2v) is 7.80. The van der Waals surface area contributed by atoms with Crippen molar-refractivity contribution in [3.63, 3.8) is 0 Å². The summed E-state index contributed by atoms with van der Waals surface area (Å²) in [6, 6.07) is 26.4. The number of ether oxygens (including phenoxy) is 2. The molecule has 3 aromatic carbocycles. The molecule has 0 unspecified atom stereocenters. The van der Waals surface area contributed by atoms with Gasteiger partial charge in [-0.2, -0.15) is 4.80 Å². The van der Waals surface area contributed by atoms with E-state index in [0.717, 1.165) is 27.8 Å². The lowest BCUT2D eigenvalue weighted by atomic mass is 9.95. The standard InChI is InChI=1S/C25H26N4O2/c1-25(2,20-10-6-5-7-11-20)29-27-23(26-28-29)22-13-9-8-12-21(22)18-14-16-19(17-15-18)24(30-3)31-4/h5-17,24H,1-4H3. The van der Waals surface area contributed by atoms with Crippen LogP contribution < -0.4 is 0 Å². The molecular formula is C25H26N4O2. The second kappa shape index (κ2) is 8.79. The number of nitrogens with zero attached hydrogens (tertiary/aromatic N) is 4. The Kier molecular flexibility index (Phi) is 5.93. The molecule has 4 aromatic rings. The highest BCUT2D eigenvalue weighted by Crippen LogP contribution is 2.32. The topological polar surface area (TPSA) is 62.1 Å². The number of rotatable bonds is 7. The monoisotopic (exact) mass is 414 g/mol. The van der Waals surface area contributed by atoms with Crippen LogP contribution in [-0.4, -0.2) is 34.4 Å². The van der Waals surface area contributed by atoms with Gasteiger partial charge in [0.2, 0.25) is 5.82 Å². The molecule has 0 aliphatic rings. The van der Waals surface area contributed by atoms with Crippen molar-refractivity contribution in [2.75, 3.05) is 14.2 Å². The highest BCUT2D eigenvalue weighted by Gasteiger charge is 2.26. The molecule has 0 spiro atoms. The van der Waals surface area contributed by atoms with E-state index >= 15 is 0 Å². The molecule has 0 aliphatic carbocycles. The summed E-state index contributed by atoms with van der Waals surface area (Å²) in [6.45, 7) is 4.17. The maximum Gasteiger partial charge on any atom is 0.205 e. The molecule has 0 atom stereocenters. The first kappa shape index (κ1) is 20.9. The minimum Gasteiger partial charge on any atom is -0.352 e. The van der Waals surface area contributed by atoms with Crippen LogP contribution >= 0.6 is 0 Å². The van der Waals surface area contributed by atoms with Gasteiger partial charge in [0, 0.05) is 25.3 Å². The largest absolute Gasteiger partial charge is 0.352 e. The van der Waals surface area contributed by atoms with Crippen LogP contribution in [0.25, 0.3) is 22.5 Å². The van der Waals surface area contributed by atoms with Crippen LogP contribution in [0.15, 0.2) is 78.9 Å². The Bertz CT molecular complexity index is 1130. The van der Waals surface area contributed by atoms with Crippen molar-refractivity contribution < 1.29 is 9.47 Å². The van der Waals surface area contributed by atoms with E-state index in [2.05, 4.69) is 54.5 Å². The molecule has 0 fully saturated rings. The number of tetrazole rings is 1. The quantitative estimate of drug-likeness (QED) is 0.395. The molecule has 0 saturated heterocycles. The van der Waals surface area contributed by atoms with Crippen molar-refractivity contribution in [2.24, 2.45) is 0 Å². The molecule has 31 heavy (non-hydrogen) atoms. The van der Waals surface area contributed by atoms with Gasteiger partial charge >= 0.3 is 0 Å². The molecule has 0 amide bonds. The van der Waals surface area contributed by atoms with Crippen LogP contribution in [-0.2, 0) is 15.0 Å². The summed E-state index contributed by atoms with van der Waals surface area (Å²) in [5, 5.41) is 13.5. The molecule has 1 heterocycles. The normalized spacial score (nSPS) is 11.8. The average Bonchev–Trinajstić information content (AvgIpc) is 3.32. The lowest BCUT2D eigenvalue weighted by Gasteiger charge is -2.23. The smallest absolute Gasteiger partial charge is 0.205 e. The zero-order chi connectivity index (χ0) is 21.8. The molecule has 4 rings (SSSR count). The number of hydrogen-bond acceptors (Lipinski definition) is 5. The van der Waals surface area contributed by atoms with E-state index in [9.17, 15) is 0 Å². The van der Waals surface area contributed by atoms with Crippen molar-refractivity contribution in [1.82, 2.24) is 20.2 Å². The van der Waals surface area contributed by atoms with Gasteiger partial charge < -0.3 is 9.47 Å². The molecule has 6 nitrogen and oxygen atoms in total. The van der Waals surface area contributed by atoms with Gasteiger partial charge in [0.15, 0.2) is 6.29 Å². The fourth-order valence-corrected chi connectivity index (χ4v) is 3.64. The number of benzene rings is 3. The molecular weight excluding hydrogens is 388 g/mol. The summed E-state index contributed by atoms with van der Waals surface area (Å²) in [5.74, 6) is 0.593. The number of aromatic nitrogens is 4. The maximum atomic E-state index is 5.34. The third kappa shape index (κ3) is 4.13. The van der Waals surface area contributed by atoms with E-state index in [1.165, 1.54) is 0 Å². The zero-order valence-corrected chi connectivity index (χ0v) is 18.2. The van der Waals surface area contributed by atoms with Crippen LogP contribution in [0.2, 0.25) is 0 Å². The Morgan fingerprint density at radius 3 is 2.03 bits per heavy atom. The Labute approximate surface area is 182 Å². The Morgan fingerprint density at radius 2 is 1.39 bits per heavy atom. The van der Waals surface area contributed by atoms with Gasteiger partial charge in [0.05, 0.1) is 0 Å². The van der Waals surface area contributed by atoms with Gasteiger partial charge in [0.1, 0.15) is 5.54 Å². The van der Waals surface area contributed by atoms with Crippen LogP contribution in [0.3, 0.4) is 0 Å². The molecule has 0 radical (unpaired) electrons. The maximum absolute atomic E-state index is 5.34. The van der Waals surface area contributed by atoms with Crippen molar-refractivity contribution in [3.05, 3.63) is 90.0 Å². The Morgan fingerprint density at radius 1 is 0.774 bits per heavy atom. The minimum absolute atomic E-state index is 0.383. The van der Waals surface area contributed by atoms with E-state index < -0.39 is 5.54 Å². The average molecular weight is 415 g/mol. The molecule has 0 aliphatic heterocycles. The first-order chi connectivity index (χ1) is 15.0. The summed E-state index contributed by atoms with van der Waals surface area (Å²) >= 11 is 0. The third-order valence-corrected chi connectivity index (χ3v) is 5.48. The van der Waals surface area contributed by atoms with E-state index in [-0.39, 0.29) is 6.29 Å². The van der Waals surface area contributed by atoms with Gasteiger partial charge in [-0.15, -0.1) is 10.2 Å².